The number of carbonyl (C=O) groups excluding carboxylic acids is 1. The number of amides is 1. The molecule has 2 aliphatic heterocycles. The minimum Gasteiger partial charge on any atom is -0.381 e. The number of aryl methyl sites for hydroxylation is 2. The maximum absolute atomic E-state index is 15.2. The SMILES string of the molecule is Cc1cc(-n2nc3c(c2-n2ccn(-c4ccc([S@@](C)(=N)=O)cc4)c2=O)[C@H](C)N(C(=O)c2cc4cc(C5CCOCC5)ccc4n2-c2cccc(S(=O)(=O)O)c2)CC3)cc(C)c1F. The van der Waals surface area contributed by atoms with Gasteiger partial charge in [0.2, 0.25) is 0 Å². The van der Waals surface area contributed by atoms with Crippen LogP contribution in [-0.4, -0.2) is 77.5 Å². The molecule has 2 atom stereocenters. The van der Waals surface area contributed by atoms with Gasteiger partial charge in [-0.1, -0.05) is 12.1 Å². The van der Waals surface area contributed by atoms with Gasteiger partial charge in [-0.25, -0.2) is 22.9 Å². The summed E-state index contributed by atoms with van der Waals surface area (Å²) in [5.74, 6) is -0.0762. The second kappa shape index (κ2) is 15.3. The Morgan fingerprint density at radius 3 is 2.24 bits per heavy atom. The highest BCUT2D eigenvalue weighted by atomic mass is 32.2. The van der Waals surface area contributed by atoms with Crippen molar-refractivity contribution in [1.82, 2.24) is 28.4 Å². The van der Waals surface area contributed by atoms with Crippen molar-refractivity contribution in [3.05, 3.63) is 147 Å². The monoisotopic (exact) mass is 877 g/mol. The maximum Gasteiger partial charge on any atom is 0.338 e. The molecule has 1 fully saturated rings. The standard InChI is InChI=1S/C45H44FN7O7S2/c1-27-22-35(23-28(2)42(27)46)53-43(51-19-18-50(45(51)55)33-9-11-36(12-10-33)61(4,47)56)41-29(3)49(17-14-38(41)48-53)44(54)40-25-32-24-31(30-15-20-60-21-16-30)8-13-39(32)52(40)34-6-5-7-37(26-34)62(57,58)59/h5-13,18-19,22-26,29-30,47H,14-17,20-21H2,1-4H3,(H,57,58,59)/t29-,61-/m0/s1. The van der Waals surface area contributed by atoms with Crippen LogP contribution in [0.2, 0.25) is 0 Å². The van der Waals surface area contributed by atoms with Gasteiger partial charge in [-0.3, -0.25) is 18.5 Å². The van der Waals surface area contributed by atoms with Crippen LogP contribution in [0.1, 0.15) is 70.2 Å². The summed E-state index contributed by atoms with van der Waals surface area (Å²) in [7, 11) is -7.55. The molecule has 1 amide bonds. The normalized spacial score (nSPS) is 17.0. The lowest BCUT2D eigenvalue weighted by Gasteiger charge is -2.34. The molecule has 0 bridgehead atoms. The molecular weight excluding hydrogens is 834 g/mol. The topological polar surface area (TPSA) is 175 Å². The first-order valence-corrected chi connectivity index (χ1v) is 23.6. The number of carbonyl (C=O) groups is 1. The summed E-state index contributed by atoms with van der Waals surface area (Å²) in [6.45, 7) is 6.75. The average Bonchev–Trinajstić information content (AvgIpc) is 3.95. The van der Waals surface area contributed by atoms with Gasteiger partial charge >= 0.3 is 5.69 Å². The molecule has 2 N–H and O–H groups in total. The molecule has 17 heteroatoms. The van der Waals surface area contributed by atoms with Crippen molar-refractivity contribution in [2.45, 2.75) is 61.8 Å². The Bertz CT molecular complexity index is 3210. The number of aromatic nitrogens is 5. The average molecular weight is 878 g/mol. The van der Waals surface area contributed by atoms with Crippen LogP contribution in [0.15, 0.2) is 112 Å². The van der Waals surface area contributed by atoms with Crippen molar-refractivity contribution in [3.63, 3.8) is 0 Å². The van der Waals surface area contributed by atoms with E-state index < -0.39 is 31.6 Å². The molecule has 0 unspecified atom stereocenters. The predicted octanol–water partition coefficient (Wildman–Crippen LogP) is 7.45. The largest absolute Gasteiger partial charge is 0.381 e. The van der Waals surface area contributed by atoms with Crippen LogP contribution in [-0.2, 0) is 31.0 Å². The number of rotatable bonds is 8. The van der Waals surface area contributed by atoms with Crippen LogP contribution >= 0.6 is 0 Å². The molecule has 14 nitrogen and oxygen atoms in total. The summed E-state index contributed by atoms with van der Waals surface area (Å²) in [5, 5.41) is 5.79. The van der Waals surface area contributed by atoms with Gasteiger partial charge in [0.25, 0.3) is 16.0 Å². The number of hydrogen-bond acceptors (Lipinski definition) is 8. The zero-order valence-corrected chi connectivity index (χ0v) is 36.0. The molecule has 1 saturated heterocycles. The molecule has 5 heterocycles. The van der Waals surface area contributed by atoms with Gasteiger partial charge in [0.05, 0.1) is 43.3 Å². The molecule has 9 rings (SSSR count). The molecule has 0 spiro atoms. The fourth-order valence-corrected chi connectivity index (χ4v) is 10.0. The fraction of sp³-hybridized carbons (Fsp3) is 0.267. The van der Waals surface area contributed by atoms with Crippen molar-refractivity contribution in [2.75, 3.05) is 26.0 Å². The smallest absolute Gasteiger partial charge is 0.338 e. The first-order valence-electron chi connectivity index (χ1n) is 20.1. The summed E-state index contributed by atoms with van der Waals surface area (Å²) in [6, 6.07) is 22.7. The zero-order chi connectivity index (χ0) is 43.8. The Morgan fingerprint density at radius 2 is 1.56 bits per heavy atom. The Kier molecular flexibility index (Phi) is 10.2. The first-order chi connectivity index (χ1) is 29.5. The highest BCUT2D eigenvalue weighted by Gasteiger charge is 2.37. The van der Waals surface area contributed by atoms with Crippen LogP contribution in [0, 0.1) is 24.4 Å². The second-order valence-electron chi connectivity index (χ2n) is 16.1. The van der Waals surface area contributed by atoms with E-state index in [1.165, 1.54) is 33.6 Å². The van der Waals surface area contributed by atoms with Gasteiger partial charge in [-0.05, 0) is 129 Å². The molecule has 0 aliphatic carbocycles. The third-order valence-corrected chi connectivity index (χ3v) is 14.1. The fourth-order valence-electron chi connectivity index (χ4n) is 8.87. The number of nitrogens with one attached hydrogen (secondary N) is 1. The van der Waals surface area contributed by atoms with Crippen LogP contribution in [0.4, 0.5) is 4.39 Å². The highest BCUT2D eigenvalue weighted by molar-refractivity contribution is 7.91. The van der Waals surface area contributed by atoms with E-state index in [9.17, 15) is 22.0 Å². The number of halogens is 1. The van der Waals surface area contributed by atoms with Crippen molar-refractivity contribution in [2.24, 2.45) is 0 Å². The molecule has 3 aromatic heterocycles. The lowest BCUT2D eigenvalue weighted by Crippen LogP contribution is -2.40. The molecule has 7 aromatic rings. The van der Waals surface area contributed by atoms with Crippen LogP contribution in [0.3, 0.4) is 0 Å². The Labute approximate surface area is 357 Å². The summed E-state index contributed by atoms with van der Waals surface area (Å²) >= 11 is 0. The lowest BCUT2D eigenvalue weighted by molar-refractivity contribution is 0.0669. The van der Waals surface area contributed by atoms with Gasteiger partial charge in [-0.2, -0.15) is 13.5 Å². The maximum atomic E-state index is 15.2. The van der Waals surface area contributed by atoms with Crippen LogP contribution in [0.25, 0.3) is 33.8 Å². The van der Waals surface area contributed by atoms with Crippen molar-refractivity contribution in [3.8, 4) is 22.9 Å². The quantitative estimate of drug-likeness (QED) is 0.148. The van der Waals surface area contributed by atoms with Gasteiger partial charge in [0.1, 0.15) is 17.3 Å². The number of fused-ring (bicyclic) bond motifs is 2. The van der Waals surface area contributed by atoms with Crippen molar-refractivity contribution in [1.29, 1.82) is 4.78 Å². The third-order valence-electron chi connectivity index (χ3n) is 12.1. The van der Waals surface area contributed by atoms with E-state index in [0.29, 0.717) is 75.3 Å². The molecule has 2 aliphatic rings. The Hall–Kier alpha value is -6.14. The van der Waals surface area contributed by atoms with E-state index in [0.717, 1.165) is 23.8 Å². The number of nitrogens with zero attached hydrogens (tertiary/aromatic N) is 6. The molecule has 320 valence electrons. The zero-order valence-electron chi connectivity index (χ0n) is 34.4. The van der Waals surface area contributed by atoms with E-state index in [4.69, 9.17) is 14.6 Å². The number of benzene rings is 4. The number of imidazole rings is 1. The number of hydrogen-bond donors (Lipinski definition) is 2. The van der Waals surface area contributed by atoms with E-state index in [1.807, 2.05) is 25.1 Å². The summed E-state index contributed by atoms with van der Waals surface area (Å²) < 4.78 is 81.8. The molecule has 0 radical (unpaired) electrons. The van der Waals surface area contributed by atoms with E-state index in [1.54, 1.807) is 82.9 Å². The minimum absolute atomic E-state index is 0.254. The van der Waals surface area contributed by atoms with Crippen LogP contribution < -0.4 is 5.69 Å². The van der Waals surface area contributed by atoms with Crippen molar-refractivity contribution < 1.29 is 31.1 Å². The number of ether oxygens (including phenoxy) is 1. The summed E-state index contributed by atoms with van der Waals surface area (Å²) in [6.07, 6.45) is 6.56. The first kappa shape index (κ1) is 41.2. The Balaban J connectivity index is 1.19. The van der Waals surface area contributed by atoms with Gasteiger partial charge in [-0.15, -0.1) is 0 Å². The van der Waals surface area contributed by atoms with Gasteiger partial charge in [0.15, 0.2) is 0 Å². The van der Waals surface area contributed by atoms with E-state index in [-0.39, 0.29) is 34.8 Å². The van der Waals surface area contributed by atoms with E-state index >= 15 is 9.18 Å². The molecule has 0 saturated carbocycles. The second-order valence-corrected chi connectivity index (χ2v) is 19.7. The van der Waals surface area contributed by atoms with Crippen LogP contribution in [0.5, 0.6) is 0 Å². The predicted molar refractivity (Wildman–Crippen MR) is 232 cm³/mol. The summed E-state index contributed by atoms with van der Waals surface area (Å²) in [5.41, 5.74) is 4.98. The molecular formula is C45H44FN7O7S2. The van der Waals surface area contributed by atoms with Gasteiger partial charge in [0, 0.05) is 66.4 Å². The molecule has 4 aromatic carbocycles. The molecule has 62 heavy (non-hydrogen) atoms. The Morgan fingerprint density at radius 1 is 0.871 bits per heavy atom. The highest BCUT2D eigenvalue weighted by Crippen LogP contribution is 2.38. The minimum atomic E-state index is -4.57. The van der Waals surface area contributed by atoms with E-state index in [2.05, 4.69) is 6.07 Å². The van der Waals surface area contributed by atoms with Gasteiger partial charge < -0.3 is 14.2 Å². The third kappa shape index (κ3) is 7.17. The lowest BCUT2D eigenvalue weighted by atomic mass is 9.91. The van der Waals surface area contributed by atoms with Crippen molar-refractivity contribution >= 4 is 36.7 Å². The summed E-state index contributed by atoms with van der Waals surface area (Å²) in [4.78, 5) is 31.4.